The van der Waals surface area contributed by atoms with Crippen molar-refractivity contribution in [1.29, 1.82) is 0 Å². The Balaban J connectivity index is 1.17. The van der Waals surface area contributed by atoms with Crippen molar-refractivity contribution in [3.05, 3.63) is 119 Å². The van der Waals surface area contributed by atoms with E-state index in [1.54, 1.807) is 26.0 Å². The van der Waals surface area contributed by atoms with Crippen molar-refractivity contribution >= 4 is 82.4 Å². The molecule has 276 valence electrons. The zero-order valence-electron chi connectivity index (χ0n) is 28.2. The SMILES string of the molecule is Cc1cc(C(=O)Nc2c(S(=O)(=O)O)ccc3cccc(O)c23)ccc1NC(=O)Nc1ccc(C(=O)Nc2c(S(=O)(=O)O)ccc3cccc(O)c23)cc1C. The van der Waals surface area contributed by atoms with Crippen LogP contribution in [-0.4, -0.2) is 54.0 Å². The second-order valence-corrected chi connectivity index (χ2v) is 14.9. The maximum atomic E-state index is 13.3. The Bertz CT molecular complexity index is 2600. The van der Waals surface area contributed by atoms with E-state index in [1.807, 2.05) is 0 Å². The van der Waals surface area contributed by atoms with Crippen LogP contribution in [0.1, 0.15) is 31.8 Å². The van der Waals surface area contributed by atoms with Gasteiger partial charge in [0.1, 0.15) is 21.3 Å². The Morgan fingerprint density at radius 3 is 1.26 bits per heavy atom. The van der Waals surface area contributed by atoms with Gasteiger partial charge in [0.15, 0.2) is 0 Å². The zero-order chi connectivity index (χ0) is 39.1. The average Bonchev–Trinajstić information content (AvgIpc) is 3.09. The molecule has 6 rings (SSSR count). The van der Waals surface area contributed by atoms with Crippen LogP contribution in [0.5, 0.6) is 11.5 Å². The molecule has 0 fully saturated rings. The van der Waals surface area contributed by atoms with Gasteiger partial charge in [-0.05, 0) is 96.4 Å². The molecule has 0 aromatic heterocycles. The van der Waals surface area contributed by atoms with E-state index in [-0.39, 0.29) is 44.8 Å². The minimum atomic E-state index is -4.80. The Hall–Kier alpha value is -6.53. The molecular formula is C37H30N4O11S2. The van der Waals surface area contributed by atoms with Crippen LogP contribution in [-0.2, 0) is 20.2 Å². The van der Waals surface area contributed by atoms with Crippen LogP contribution < -0.4 is 21.3 Å². The summed E-state index contributed by atoms with van der Waals surface area (Å²) in [6.07, 6.45) is 0. The van der Waals surface area contributed by atoms with Crippen LogP contribution in [0.3, 0.4) is 0 Å². The minimum Gasteiger partial charge on any atom is -0.507 e. The first-order valence-corrected chi connectivity index (χ1v) is 18.7. The molecule has 0 aliphatic heterocycles. The molecule has 0 bridgehead atoms. The number of anilines is 4. The summed E-state index contributed by atoms with van der Waals surface area (Å²) in [4.78, 5) is 38.3. The highest BCUT2D eigenvalue weighted by molar-refractivity contribution is 7.86. The first-order valence-electron chi connectivity index (χ1n) is 15.8. The number of urea groups is 1. The van der Waals surface area contributed by atoms with Gasteiger partial charge < -0.3 is 31.5 Å². The van der Waals surface area contributed by atoms with E-state index in [2.05, 4.69) is 21.3 Å². The largest absolute Gasteiger partial charge is 0.507 e. The fourth-order valence-electron chi connectivity index (χ4n) is 5.90. The Morgan fingerprint density at radius 1 is 0.519 bits per heavy atom. The number of benzene rings is 6. The van der Waals surface area contributed by atoms with E-state index in [4.69, 9.17) is 0 Å². The molecule has 4 amide bonds. The van der Waals surface area contributed by atoms with Gasteiger partial charge in [0.25, 0.3) is 32.1 Å². The molecule has 6 aromatic rings. The van der Waals surface area contributed by atoms with Crippen molar-refractivity contribution in [2.24, 2.45) is 0 Å². The predicted molar refractivity (Wildman–Crippen MR) is 202 cm³/mol. The third-order valence-corrected chi connectivity index (χ3v) is 10.3. The highest BCUT2D eigenvalue weighted by Crippen LogP contribution is 2.38. The molecule has 8 N–H and O–H groups in total. The minimum absolute atomic E-state index is 0.00741. The number of nitrogens with one attached hydrogen (secondary N) is 4. The summed E-state index contributed by atoms with van der Waals surface area (Å²) in [6, 6.07) is 21.6. The molecule has 0 radical (unpaired) electrons. The van der Waals surface area contributed by atoms with Crippen LogP contribution in [0.2, 0.25) is 0 Å². The number of aromatic hydroxyl groups is 2. The zero-order valence-corrected chi connectivity index (χ0v) is 29.8. The van der Waals surface area contributed by atoms with Gasteiger partial charge in [-0.1, -0.05) is 36.4 Å². The third-order valence-electron chi connectivity index (χ3n) is 8.48. The number of phenolic OH excluding ortho intramolecular Hbond substituents is 2. The van der Waals surface area contributed by atoms with Crippen LogP contribution in [0.15, 0.2) is 107 Å². The molecule has 15 nitrogen and oxygen atoms in total. The summed E-state index contributed by atoms with van der Waals surface area (Å²) in [7, 11) is -9.60. The lowest BCUT2D eigenvalue weighted by molar-refractivity contribution is 0.101. The van der Waals surface area contributed by atoms with Gasteiger partial charge in [0.05, 0.1) is 11.4 Å². The van der Waals surface area contributed by atoms with Crippen molar-refractivity contribution < 1.29 is 50.5 Å². The van der Waals surface area contributed by atoms with Crippen LogP contribution >= 0.6 is 0 Å². The molecular weight excluding hydrogens is 741 g/mol. The standard InChI is InChI=1S/C37H30N4O11S2/c1-19-17-23(35(44)40-33-29(53(47,48)49)15-11-21-5-3-7-27(42)31(21)33)9-13-25(19)38-37(46)39-26-14-10-24(18-20(26)2)36(45)41-34-30(54(50,51)52)16-12-22-6-4-8-28(43)32(22)34/h3-18,42-43H,1-2H3,(H,40,44)(H,41,45)(H2,38,39,46)(H,47,48,49)(H,50,51,52). The fraction of sp³-hybridized carbons (Fsp3) is 0.0541. The summed E-state index contributed by atoms with van der Waals surface area (Å²) in [5.74, 6) is -2.17. The summed E-state index contributed by atoms with van der Waals surface area (Å²) >= 11 is 0. The Morgan fingerprint density at radius 2 is 0.907 bits per heavy atom. The van der Waals surface area contributed by atoms with E-state index in [0.29, 0.717) is 33.3 Å². The van der Waals surface area contributed by atoms with Crippen molar-refractivity contribution in [3.63, 3.8) is 0 Å². The highest BCUT2D eigenvalue weighted by atomic mass is 32.2. The number of amides is 4. The number of rotatable bonds is 8. The van der Waals surface area contributed by atoms with E-state index in [0.717, 1.165) is 12.1 Å². The molecule has 17 heteroatoms. The highest BCUT2D eigenvalue weighted by Gasteiger charge is 2.24. The van der Waals surface area contributed by atoms with Gasteiger partial charge in [0, 0.05) is 33.3 Å². The summed E-state index contributed by atoms with van der Waals surface area (Å²) < 4.78 is 68.0. The molecule has 0 heterocycles. The Labute approximate surface area is 307 Å². The van der Waals surface area contributed by atoms with E-state index < -0.39 is 47.9 Å². The van der Waals surface area contributed by atoms with Crippen LogP contribution in [0, 0.1) is 13.8 Å². The smallest absolute Gasteiger partial charge is 0.323 e. The third kappa shape index (κ3) is 7.50. The number of fused-ring (bicyclic) bond motifs is 2. The first-order chi connectivity index (χ1) is 25.4. The Kier molecular flexibility index (Phi) is 9.74. The number of aryl methyl sites for hydroxylation is 2. The summed E-state index contributed by atoms with van der Waals surface area (Å²) in [5.41, 5.74) is 1.03. The molecule has 0 aliphatic carbocycles. The van der Waals surface area contributed by atoms with Crippen LogP contribution in [0.25, 0.3) is 21.5 Å². The molecule has 0 aliphatic rings. The number of carbonyl (C=O) groups is 3. The predicted octanol–water partition coefficient (Wildman–Crippen LogP) is 6.66. The fourth-order valence-corrected chi connectivity index (χ4v) is 7.20. The normalized spacial score (nSPS) is 11.6. The quantitative estimate of drug-likeness (QED) is 0.0760. The number of carbonyl (C=O) groups excluding carboxylic acids is 3. The first kappa shape index (κ1) is 37.2. The van der Waals surface area contributed by atoms with Crippen molar-refractivity contribution in [3.8, 4) is 11.5 Å². The van der Waals surface area contributed by atoms with E-state index >= 15 is 0 Å². The van der Waals surface area contributed by atoms with Crippen molar-refractivity contribution in [2.45, 2.75) is 23.6 Å². The van der Waals surface area contributed by atoms with Gasteiger partial charge in [-0.25, -0.2) is 4.79 Å². The van der Waals surface area contributed by atoms with Crippen molar-refractivity contribution in [1.82, 2.24) is 0 Å². The summed E-state index contributed by atoms with van der Waals surface area (Å²) in [5, 5.41) is 32.0. The molecule has 54 heavy (non-hydrogen) atoms. The van der Waals surface area contributed by atoms with Crippen LogP contribution in [0.4, 0.5) is 27.5 Å². The molecule has 0 unspecified atom stereocenters. The molecule has 0 saturated heterocycles. The van der Waals surface area contributed by atoms with Gasteiger partial charge >= 0.3 is 6.03 Å². The van der Waals surface area contributed by atoms with Crippen molar-refractivity contribution in [2.75, 3.05) is 21.3 Å². The van der Waals surface area contributed by atoms with E-state index in [9.17, 15) is 50.5 Å². The molecule has 0 spiro atoms. The van der Waals surface area contributed by atoms with Gasteiger partial charge in [-0.15, -0.1) is 0 Å². The number of hydrogen-bond donors (Lipinski definition) is 8. The monoisotopic (exact) mass is 770 g/mol. The average molecular weight is 771 g/mol. The topological polar surface area (TPSA) is 249 Å². The second-order valence-electron chi connectivity index (χ2n) is 12.1. The number of phenols is 2. The summed E-state index contributed by atoms with van der Waals surface area (Å²) in [6.45, 7) is 3.23. The lowest BCUT2D eigenvalue weighted by Gasteiger charge is -2.16. The lowest BCUT2D eigenvalue weighted by Crippen LogP contribution is -2.21. The maximum Gasteiger partial charge on any atom is 0.323 e. The van der Waals surface area contributed by atoms with Gasteiger partial charge in [-0.2, -0.15) is 16.8 Å². The molecule has 0 atom stereocenters. The number of hydrogen-bond acceptors (Lipinski definition) is 9. The molecule has 6 aromatic carbocycles. The molecule has 0 saturated carbocycles. The van der Waals surface area contributed by atoms with Gasteiger partial charge in [0.2, 0.25) is 0 Å². The van der Waals surface area contributed by atoms with E-state index in [1.165, 1.54) is 72.8 Å². The van der Waals surface area contributed by atoms with Gasteiger partial charge in [-0.3, -0.25) is 18.7 Å². The second kappa shape index (κ2) is 14.1. The maximum absolute atomic E-state index is 13.3. The lowest BCUT2D eigenvalue weighted by atomic mass is 10.1.